The van der Waals surface area contributed by atoms with Gasteiger partial charge in [-0.1, -0.05) is 47.2 Å². The van der Waals surface area contributed by atoms with Gasteiger partial charge in [-0.15, -0.1) is 10.2 Å². The number of urea groups is 1. The van der Waals surface area contributed by atoms with Crippen molar-refractivity contribution in [2.24, 2.45) is 0 Å². The number of nitrogens with zero attached hydrogens (tertiary/aromatic N) is 2. The van der Waals surface area contributed by atoms with Crippen molar-refractivity contribution in [2.45, 2.75) is 13.3 Å². The summed E-state index contributed by atoms with van der Waals surface area (Å²) in [5.41, 5.74) is 2.51. The molecule has 0 aliphatic heterocycles. The number of hydrogen-bond acceptors (Lipinski definition) is 5. The molecule has 0 fully saturated rings. The summed E-state index contributed by atoms with van der Waals surface area (Å²) in [5, 5.41) is 16.8. The number of nitrogens with one attached hydrogen (secondary N) is 3. The van der Waals surface area contributed by atoms with Crippen molar-refractivity contribution < 1.29 is 9.59 Å². The van der Waals surface area contributed by atoms with Crippen molar-refractivity contribution in [2.75, 3.05) is 16.0 Å². The molecule has 0 bridgehead atoms. The first-order valence-electron chi connectivity index (χ1n) is 7.90. The molecule has 8 heteroatoms. The number of aryl methyl sites for hydroxylation is 1. The summed E-state index contributed by atoms with van der Waals surface area (Å²) in [6.07, 6.45) is 0.0911. The first kappa shape index (κ1) is 17.6. The number of para-hydroxylation sites is 1. The largest absolute Gasteiger partial charge is 0.326 e. The quantitative estimate of drug-likeness (QED) is 0.641. The topological polar surface area (TPSA) is 96.0 Å². The summed E-state index contributed by atoms with van der Waals surface area (Å²) >= 11 is 1.16. The van der Waals surface area contributed by atoms with Gasteiger partial charge in [-0.2, -0.15) is 0 Å². The van der Waals surface area contributed by atoms with Crippen LogP contribution in [0.1, 0.15) is 10.6 Å². The molecule has 3 rings (SSSR count). The first-order valence-corrected chi connectivity index (χ1v) is 8.72. The summed E-state index contributed by atoms with van der Waals surface area (Å²) < 4.78 is 0. The fourth-order valence-corrected chi connectivity index (χ4v) is 2.87. The summed E-state index contributed by atoms with van der Waals surface area (Å²) in [4.78, 5) is 24.0. The maximum atomic E-state index is 12.0. The highest BCUT2D eigenvalue weighted by molar-refractivity contribution is 7.15. The molecule has 0 saturated heterocycles. The van der Waals surface area contributed by atoms with Crippen LogP contribution in [-0.4, -0.2) is 22.1 Å². The van der Waals surface area contributed by atoms with E-state index in [1.165, 1.54) is 0 Å². The molecule has 2 aromatic carbocycles. The molecule has 26 heavy (non-hydrogen) atoms. The Bertz CT molecular complexity index is 893. The number of aromatic nitrogens is 2. The SMILES string of the molecule is Cc1ccc(NC(=O)Nc2nnc(CC(=O)Nc3ccccc3)s2)cc1. The number of rotatable bonds is 5. The Morgan fingerprint density at radius 1 is 0.885 bits per heavy atom. The predicted molar refractivity (Wildman–Crippen MR) is 103 cm³/mol. The highest BCUT2D eigenvalue weighted by Gasteiger charge is 2.12. The molecule has 3 amide bonds. The van der Waals surface area contributed by atoms with E-state index in [-0.39, 0.29) is 12.3 Å². The van der Waals surface area contributed by atoms with Gasteiger partial charge in [0.2, 0.25) is 11.0 Å². The van der Waals surface area contributed by atoms with Crippen LogP contribution in [0.5, 0.6) is 0 Å². The Balaban J connectivity index is 1.51. The second kappa shape index (κ2) is 8.21. The van der Waals surface area contributed by atoms with E-state index in [1.54, 1.807) is 12.1 Å². The lowest BCUT2D eigenvalue weighted by atomic mass is 10.2. The minimum absolute atomic E-state index is 0.0911. The highest BCUT2D eigenvalue weighted by atomic mass is 32.1. The molecule has 132 valence electrons. The lowest BCUT2D eigenvalue weighted by molar-refractivity contribution is -0.115. The maximum Gasteiger partial charge on any atom is 0.325 e. The van der Waals surface area contributed by atoms with Crippen LogP contribution in [0.15, 0.2) is 54.6 Å². The smallest absolute Gasteiger partial charge is 0.325 e. The van der Waals surface area contributed by atoms with E-state index in [0.717, 1.165) is 22.6 Å². The third-order valence-corrected chi connectivity index (χ3v) is 4.20. The lowest BCUT2D eigenvalue weighted by Crippen LogP contribution is -2.19. The summed E-state index contributed by atoms with van der Waals surface area (Å²) in [6, 6.07) is 16.2. The molecule has 0 aliphatic rings. The van der Waals surface area contributed by atoms with Crippen LogP contribution in [0.3, 0.4) is 0 Å². The Morgan fingerprint density at radius 2 is 1.58 bits per heavy atom. The van der Waals surface area contributed by atoms with Crippen LogP contribution in [0, 0.1) is 6.92 Å². The van der Waals surface area contributed by atoms with Gasteiger partial charge in [0.25, 0.3) is 0 Å². The second-order valence-corrected chi connectivity index (χ2v) is 6.60. The van der Waals surface area contributed by atoms with Gasteiger partial charge >= 0.3 is 6.03 Å². The van der Waals surface area contributed by atoms with Crippen LogP contribution >= 0.6 is 11.3 Å². The molecule has 1 aromatic heterocycles. The van der Waals surface area contributed by atoms with E-state index in [0.29, 0.717) is 15.8 Å². The van der Waals surface area contributed by atoms with Crippen molar-refractivity contribution in [3.8, 4) is 0 Å². The van der Waals surface area contributed by atoms with E-state index >= 15 is 0 Å². The zero-order valence-electron chi connectivity index (χ0n) is 14.0. The molecule has 0 radical (unpaired) electrons. The molecule has 0 saturated carbocycles. The highest BCUT2D eigenvalue weighted by Crippen LogP contribution is 2.17. The zero-order chi connectivity index (χ0) is 18.4. The van der Waals surface area contributed by atoms with Gasteiger partial charge in [-0.3, -0.25) is 10.1 Å². The minimum atomic E-state index is -0.412. The lowest BCUT2D eigenvalue weighted by Gasteiger charge is -2.05. The number of anilines is 3. The number of carbonyl (C=O) groups excluding carboxylic acids is 2. The summed E-state index contributed by atoms with van der Waals surface area (Å²) in [6.45, 7) is 1.97. The number of carbonyl (C=O) groups is 2. The molecular weight excluding hydrogens is 350 g/mol. The predicted octanol–water partition coefficient (Wildman–Crippen LogP) is 3.67. The van der Waals surface area contributed by atoms with E-state index in [9.17, 15) is 9.59 Å². The van der Waals surface area contributed by atoms with Crippen LogP contribution in [0.4, 0.5) is 21.3 Å². The molecule has 3 N–H and O–H groups in total. The Hall–Kier alpha value is -3.26. The fraction of sp³-hybridized carbons (Fsp3) is 0.111. The third-order valence-electron chi connectivity index (χ3n) is 3.37. The van der Waals surface area contributed by atoms with Gasteiger partial charge in [0, 0.05) is 11.4 Å². The number of amides is 3. The van der Waals surface area contributed by atoms with Crippen molar-refractivity contribution in [3.05, 3.63) is 65.2 Å². The summed E-state index contributed by atoms with van der Waals surface area (Å²) in [7, 11) is 0. The molecule has 0 atom stereocenters. The average Bonchev–Trinajstić information content (AvgIpc) is 3.04. The zero-order valence-corrected chi connectivity index (χ0v) is 14.8. The van der Waals surface area contributed by atoms with E-state index in [4.69, 9.17) is 0 Å². The van der Waals surface area contributed by atoms with Crippen LogP contribution in [-0.2, 0) is 11.2 Å². The molecule has 0 spiro atoms. The van der Waals surface area contributed by atoms with Gasteiger partial charge in [0.15, 0.2) is 0 Å². The van der Waals surface area contributed by atoms with Crippen LogP contribution < -0.4 is 16.0 Å². The van der Waals surface area contributed by atoms with Crippen molar-refractivity contribution in [1.82, 2.24) is 10.2 Å². The van der Waals surface area contributed by atoms with Crippen molar-refractivity contribution in [3.63, 3.8) is 0 Å². The van der Waals surface area contributed by atoms with Gasteiger partial charge in [-0.25, -0.2) is 4.79 Å². The monoisotopic (exact) mass is 367 g/mol. The van der Waals surface area contributed by atoms with Crippen LogP contribution in [0.25, 0.3) is 0 Å². The van der Waals surface area contributed by atoms with Crippen molar-refractivity contribution in [1.29, 1.82) is 0 Å². The fourth-order valence-electron chi connectivity index (χ4n) is 2.14. The normalized spacial score (nSPS) is 10.2. The Labute approximate surface area is 154 Å². The Kier molecular flexibility index (Phi) is 5.55. The van der Waals surface area contributed by atoms with E-state index in [1.807, 2.05) is 49.4 Å². The van der Waals surface area contributed by atoms with Gasteiger partial charge in [0.1, 0.15) is 5.01 Å². The maximum absolute atomic E-state index is 12.0. The van der Waals surface area contributed by atoms with Gasteiger partial charge in [-0.05, 0) is 31.2 Å². The third kappa shape index (κ3) is 5.12. The molecule has 7 nitrogen and oxygen atoms in total. The molecule has 1 heterocycles. The average molecular weight is 367 g/mol. The van der Waals surface area contributed by atoms with Crippen molar-refractivity contribution >= 4 is 39.8 Å². The van der Waals surface area contributed by atoms with E-state index in [2.05, 4.69) is 26.1 Å². The molecular formula is C18H17N5O2S. The number of hydrogen-bond donors (Lipinski definition) is 3. The standard InChI is InChI=1S/C18H17N5O2S/c1-12-7-9-14(10-8-12)20-17(25)21-18-23-22-16(26-18)11-15(24)19-13-5-3-2-4-6-13/h2-10H,11H2,1H3,(H,19,24)(H2,20,21,23,25). The molecule has 0 aliphatic carbocycles. The first-order chi connectivity index (χ1) is 12.6. The second-order valence-electron chi connectivity index (χ2n) is 5.54. The van der Waals surface area contributed by atoms with Crippen LogP contribution in [0.2, 0.25) is 0 Å². The van der Waals surface area contributed by atoms with E-state index < -0.39 is 6.03 Å². The van der Waals surface area contributed by atoms with Gasteiger partial charge in [0.05, 0.1) is 6.42 Å². The minimum Gasteiger partial charge on any atom is -0.326 e. The summed E-state index contributed by atoms with van der Waals surface area (Å²) in [5.74, 6) is -0.192. The molecule has 3 aromatic rings. The molecule has 0 unspecified atom stereocenters. The van der Waals surface area contributed by atoms with Gasteiger partial charge < -0.3 is 10.6 Å². The Morgan fingerprint density at radius 3 is 2.31 bits per heavy atom. The number of benzene rings is 2.